The average molecular weight is 455 g/mol. The third-order valence-corrected chi connectivity index (χ3v) is 5.99. The Morgan fingerprint density at radius 1 is 1.16 bits per heavy atom. The highest BCUT2D eigenvalue weighted by molar-refractivity contribution is 7.88. The van der Waals surface area contributed by atoms with Crippen LogP contribution in [-0.2, 0) is 14.8 Å². The molecule has 31 heavy (non-hydrogen) atoms. The summed E-state index contributed by atoms with van der Waals surface area (Å²) in [4.78, 5) is 26.2. The molecule has 4 N–H and O–H groups in total. The Balaban J connectivity index is 1.93. The molecule has 0 radical (unpaired) electrons. The zero-order chi connectivity index (χ0) is 22.9. The van der Waals surface area contributed by atoms with E-state index in [-0.39, 0.29) is 45.9 Å². The first-order chi connectivity index (χ1) is 14.8. The van der Waals surface area contributed by atoms with Gasteiger partial charge in [-0.25, -0.2) is 13.9 Å². The summed E-state index contributed by atoms with van der Waals surface area (Å²) < 4.78 is 29.9. The number of carbonyl (C=O) groups excluding carboxylic acids is 2. The lowest BCUT2D eigenvalue weighted by molar-refractivity contribution is -0.135. The number of hydrogen-bond acceptors (Lipinski definition) is 8. The van der Waals surface area contributed by atoms with Crippen LogP contribution in [0.3, 0.4) is 0 Å². The van der Waals surface area contributed by atoms with Gasteiger partial charge in [0.25, 0.3) is 11.8 Å². The van der Waals surface area contributed by atoms with Gasteiger partial charge in [-0.15, -0.1) is 0 Å². The molecule has 1 atom stereocenters. The third-order valence-electron chi connectivity index (χ3n) is 4.68. The number of hydrogen-bond donors (Lipinski definition) is 4. The molecule has 2 amide bonds. The first kappa shape index (κ1) is 24.6. The van der Waals surface area contributed by atoms with Crippen LogP contribution in [0, 0.1) is 11.8 Å². The van der Waals surface area contributed by atoms with Gasteiger partial charge in [-0.1, -0.05) is 11.8 Å². The summed E-state index contributed by atoms with van der Waals surface area (Å²) in [6.07, 6.45) is 1.12. The normalized spacial score (nSPS) is 16.0. The molecule has 1 aromatic carbocycles. The van der Waals surface area contributed by atoms with Gasteiger partial charge in [0.1, 0.15) is 25.0 Å². The number of nitrogens with zero attached hydrogens (tertiary/aromatic N) is 2. The van der Waals surface area contributed by atoms with Crippen LogP contribution in [0.25, 0.3) is 0 Å². The molecule has 0 spiro atoms. The van der Waals surface area contributed by atoms with Crippen molar-refractivity contribution in [3.63, 3.8) is 0 Å². The van der Waals surface area contributed by atoms with Crippen molar-refractivity contribution in [2.24, 2.45) is 0 Å². The Labute approximate surface area is 181 Å². The summed E-state index contributed by atoms with van der Waals surface area (Å²) in [6.45, 7) is 0.789. The van der Waals surface area contributed by atoms with Gasteiger partial charge in [-0.05, 0) is 24.3 Å². The summed E-state index contributed by atoms with van der Waals surface area (Å²) in [5, 5.41) is 20.3. The van der Waals surface area contributed by atoms with Crippen molar-refractivity contribution >= 4 is 21.8 Å². The summed E-state index contributed by atoms with van der Waals surface area (Å²) in [7, 11) is -3.32. The Morgan fingerprint density at radius 2 is 1.81 bits per heavy atom. The number of rotatable bonds is 8. The van der Waals surface area contributed by atoms with E-state index >= 15 is 0 Å². The molecule has 0 unspecified atom stereocenters. The van der Waals surface area contributed by atoms with E-state index in [1.165, 1.54) is 4.31 Å². The molecule has 1 aliphatic heterocycles. The zero-order valence-electron chi connectivity index (χ0n) is 17.1. The molecule has 1 heterocycles. The molecular formula is C19H26N4O7S. The largest absolute Gasteiger partial charge is 0.481 e. The second kappa shape index (κ2) is 11.6. The number of hydroxylamine groups is 1. The van der Waals surface area contributed by atoms with Crippen LogP contribution in [0.2, 0.25) is 0 Å². The molecule has 0 aliphatic carbocycles. The van der Waals surface area contributed by atoms with Crippen LogP contribution < -0.4 is 15.5 Å². The molecule has 1 fully saturated rings. The molecule has 0 aromatic heterocycles. The maximum atomic E-state index is 12.4. The van der Waals surface area contributed by atoms with E-state index in [1.807, 2.05) is 0 Å². The van der Waals surface area contributed by atoms with E-state index in [4.69, 9.17) is 15.1 Å². The van der Waals surface area contributed by atoms with Crippen LogP contribution >= 0.6 is 0 Å². The Kier molecular flexibility index (Phi) is 9.22. The van der Waals surface area contributed by atoms with E-state index in [1.54, 1.807) is 34.6 Å². The fraction of sp³-hybridized carbons (Fsp3) is 0.474. The zero-order valence-corrected chi connectivity index (χ0v) is 17.9. The second-order valence-electron chi connectivity index (χ2n) is 6.72. The number of piperazine rings is 1. The number of ether oxygens (including phenoxy) is 1. The number of amides is 2. The summed E-state index contributed by atoms with van der Waals surface area (Å²) in [5.74, 6) is 4.46. The van der Waals surface area contributed by atoms with Gasteiger partial charge in [-0.3, -0.25) is 19.7 Å². The molecule has 12 heteroatoms. The van der Waals surface area contributed by atoms with E-state index in [9.17, 15) is 18.0 Å². The van der Waals surface area contributed by atoms with Gasteiger partial charge in [0.15, 0.2) is 0 Å². The molecule has 1 saturated heterocycles. The van der Waals surface area contributed by atoms with Crippen molar-refractivity contribution in [2.45, 2.75) is 6.04 Å². The molecule has 1 aromatic rings. The average Bonchev–Trinajstić information content (AvgIpc) is 2.76. The summed E-state index contributed by atoms with van der Waals surface area (Å²) >= 11 is 0. The lowest BCUT2D eigenvalue weighted by atomic mass is 10.1. The minimum absolute atomic E-state index is 0.0703. The number of aliphatic hydroxyl groups is 1. The highest BCUT2D eigenvalue weighted by Gasteiger charge is 2.31. The predicted octanol–water partition coefficient (Wildman–Crippen LogP) is -1.76. The first-order valence-electron chi connectivity index (χ1n) is 9.47. The van der Waals surface area contributed by atoms with Gasteiger partial charge in [0, 0.05) is 38.3 Å². The van der Waals surface area contributed by atoms with Gasteiger partial charge in [0.05, 0.1) is 6.26 Å². The van der Waals surface area contributed by atoms with Gasteiger partial charge < -0.3 is 15.2 Å². The fourth-order valence-electron chi connectivity index (χ4n) is 3.03. The van der Waals surface area contributed by atoms with Crippen molar-refractivity contribution < 1.29 is 33.1 Å². The van der Waals surface area contributed by atoms with Gasteiger partial charge in [-0.2, -0.15) is 4.31 Å². The smallest absolute Gasteiger partial charge is 0.262 e. The maximum Gasteiger partial charge on any atom is 0.262 e. The number of sulfonamides is 1. The van der Waals surface area contributed by atoms with Gasteiger partial charge >= 0.3 is 0 Å². The topological polar surface area (TPSA) is 149 Å². The Hall–Kier alpha value is -2.69. The highest BCUT2D eigenvalue weighted by Crippen LogP contribution is 2.13. The molecule has 0 saturated carbocycles. The number of benzene rings is 1. The monoisotopic (exact) mass is 454 g/mol. The lowest BCUT2D eigenvalue weighted by Gasteiger charge is -2.37. The maximum absolute atomic E-state index is 12.4. The predicted molar refractivity (Wildman–Crippen MR) is 111 cm³/mol. The SMILES string of the molecule is CS(=O)(=O)N1CCN([C@@H](CNC(=O)c2ccc(OCC#CCO)cc2)C(=O)NO)CC1. The van der Waals surface area contributed by atoms with Crippen molar-refractivity contribution in [1.29, 1.82) is 0 Å². The van der Waals surface area contributed by atoms with Crippen LogP contribution in [-0.4, -0.2) is 98.0 Å². The van der Waals surface area contributed by atoms with E-state index in [2.05, 4.69) is 17.2 Å². The van der Waals surface area contributed by atoms with Crippen molar-refractivity contribution in [1.82, 2.24) is 20.0 Å². The fourth-order valence-corrected chi connectivity index (χ4v) is 3.86. The number of aliphatic hydroxyl groups excluding tert-OH is 1. The van der Waals surface area contributed by atoms with Crippen LogP contribution in [0.1, 0.15) is 10.4 Å². The minimum Gasteiger partial charge on any atom is -0.481 e. The second-order valence-corrected chi connectivity index (χ2v) is 8.71. The van der Waals surface area contributed by atoms with Gasteiger partial charge in [0.2, 0.25) is 10.0 Å². The van der Waals surface area contributed by atoms with Crippen molar-refractivity contribution in [3.8, 4) is 17.6 Å². The number of carbonyl (C=O) groups is 2. The molecule has 2 rings (SSSR count). The lowest BCUT2D eigenvalue weighted by Crippen LogP contribution is -2.58. The summed E-state index contributed by atoms with van der Waals surface area (Å²) in [6, 6.07) is 5.44. The van der Waals surface area contributed by atoms with Crippen LogP contribution in [0.15, 0.2) is 24.3 Å². The summed E-state index contributed by atoms with van der Waals surface area (Å²) in [5.41, 5.74) is 1.94. The molecule has 0 bridgehead atoms. The minimum atomic E-state index is -3.32. The highest BCUT2D eigenvalue weighted by atomic mass is 32.2. The number of nitrogens with one attached hydrogen (secondary N) is 2. The first-order valence-corrected chi connectivity index (χ1v) is 11.3. The van der Waals surface area contributed by atoms with E-state index < -0.39 is 27.9 Å². The molecule has 170 valence electrons. The van der Waals surface area contributed by atoms with E-state index in [0.717, 1.165) is 6.26 Å². The molecular weight excluding hydrogens is 428 g/mol. The quantitative estimate of drug-likeness (QED) is 0.205. The molecule has 1 aliphatic rings. The van der Waals surface area contributed by atoms with E-state index in [0.29, 0.717) is 11.3 Å². The van der Waals surface area contributed by atoms with Crippen molar-refractivity contribution in [3.05, 3.63) is 29.8 Å². The Bertz CT molecular complexity index is 917. The van der Waals surface area contributed by atoms with Crippen molar-refractivity contribution in [2.75, 3.05) is 52.2 Å². The third kappa shape index (κ3) is 7.50. The Morgan fingerprint density at radius 3 is 2.35 bits per heavy atom. The molecule has 11 nitrogen and oxygen atoms in total. The van der Waals surface area contributed by atoms with Crippen LogP contribution in [0.5, 0.6) is 5.75 Å². The standard InChI is InChI=1S/C19H26N4O7S/c1-31(28,29)23-10-8-22(9-11-23)17(19(26)21-27)14-20-18(25)15-4-6-16(7-5-15)30-13-3-2-12-24/h4-7,17,24,27H,8-14H2,1H3,(H,20,25)(H,21,26)/t17-/m0/s1. The van der Waals surface area contributed by atoms with Crippen LogP contribution in [0.4, 0.5) is 0 Å².